The van der Waals surface area contributed by atoms with E-state index in [1.54, 1.807) is 12.1 Å². The molecule has 1 aromatic heterocycles. The minimum Gasteiger partial charge on any atom is -0.340 e. The maximum atomic E-state index is 14.2. The van der Waals surface area contributed by atoms with Gasteiger partial charge in [-0.1, -0.05) is 17.7 Å². The number of aromatic nitrogens is 3. The number of nitrogens with zero attached hydrogens (tertiary/aromatic N) is 5. The van der Waals surface area contributed by atoms with Crippen LogP contribution in [0, 0.1) is 23.1 Å². The Morgan fingerprint density at radius 3 is 2.52 bits per heavy atom. The molecule has 9 heteroatoms. The summed E-state index contributed by atoms with van der Waals surface area (Å²) in [4.78, 5) is 22.6. The summed E-state index contributed by atoms with van der Waals surface area (Å²) < 4.78 is 16.9. The van der Waals surface area contributed by atoms with Crippen LogP contribution >= 0.6 is 27.5 Å². The Kier molecular flexibility index (Phi) is 5.35. The molecule has 0 N–H and O–H groups in total. The van der Waals surface area contributed by atoms with Gasteiger partial charge in [0.2, 0.25) is 10.6 Å². The molecule has 5 fully saturated rings. The molecule has 2 atom stereocenters. The minimum atomic E-state index is -0.278. The van der Waals surface area contributed by atoms with Gasteiger partial charge in [0, 0.05) is 43.3 Å². The predicted octanol–water partition coefficient (Wildman–Crippen LogP) is 4.47. The maximum Gasteiger partial charge on any atom is 0.228 e. The van der Waals surface area contributed by atoms with Crippen molar-refractivity contribution in [2.75, 3.05) is 26.2 Å². The summed E-state index contributed by atoms with van der Waals surface area (Å²) in [6.07, 6.45) is 8.16. The SMILES string of the molecule is O=C(N1CCN(Cc2c(F)cccc2Cl)CC1)C12CC3CC(C1)CC(n1cnc(Br)n1)(C3)C2. The van der Waals surface area contributed by atoms with Gasteiger partial charge in [0.1, 0.15) is 12.1 Å². The van der Waals surface area contributed by atoms with Crippen LogP contribution in [0.1, 0.15) is 44.1 Å². The van der Waals surface area contributed by atoms with Crippen LogP contribution in [0.2, 0.25) is 5.02 Å². The van der Waals surface area contributed by atoms with E-state index in [-0.39, 0.29) is 16.8 Å². The number of carbonyl (C=O) groups excluding carboxylic acids is 1. The highest BCUT2D eigenvalue weighted by Gasteiger charge is 2.62. The van der Waals surface area contributed by atoms with Crippen molar-refractivity contribution in [3.63, 3.8) is 0 Å². The fourth-order valence-corrected chi connectivity index (χ4v) is 8.04. The molecule has 6 nitrogen and oxygen atoms in total. The van der Waals surface area contributed by atoms with Crippen molar-refractivity contribution >= 4 is 33.4 Å². The third-order valence-corrected chi connectivity index (χ3v) is 9.25. The molecule has 5 aliphatic rings. The molecule has 0 radical (unpaired) electrons. The van der Waals surface area contributed by atoms with Crippen LogP contribution in [0.5, 0.6) is 0 Å². The van der Waals surface area contributed by atoms with Gasteiger partial charge in [0.05, 0.1) is 11.0 Å². The van der Waals surface area contributed by atoms with E-state index < -0.39 is 0 Å². The standard InChI is InChI=1S/C24H28BrClFN5O/c25-22-28-15-32(29-22)24-11-16-8-17(12-24)10-23(9-16,14-24)21(33)31-6-4-30(5-7-31)13-18-19(26)2-1-3-20(18)27/h1-3,15-17H,4-14H2. The number of hydrogen-bond acceptors (Lipinski definition) is 4. The lowest BCUT2D eigenvalue weighted by atomic mass is 9.46. The fraction of sp³-hybridized carbons (Fsp3) is 0.625. The average Bonchev–Trinajstić information content (AvgIpc) is 3.23. The number of rotatable bonds is 4. The minimum absolute atomic E-state index is 0.0812. The molecule has 0 spiro atoms. The van der Waals surface area contributed by atoms with Crippen molar-refractivity contribution in [1.29, 1.82) is 0 Å². The molecule has 4 bridgehead atoms. The van der Waals surface area contributed by atoms with Crippen molar-refractivity contribution < 1.29 is 9.18 Å². The Bertz CT molecular complexity index is 1050. The zero-order valence-corrected chi connectivity index (χ0v) is 20.9. The van der Waals surface area contributed by atoms with Crippen LogP contribution < -0.4 is 0 Å². The number of carbonyl (C=O) groups is 1. The van der Waals surface area contributed by atoms with Crippen molar-refractivity contribution in [3.8, 4) is 0 Å². The molecular weight excluding hydrogens is 509 g/mol. The highest BCUT2D eigenvalue weighted by Crippen LogP contribution is 2.64. The Balaban J connectivity index is 1.17. The molecule has 2 heterocycles. The van der Waals surface area contributed by atoms with E-state index in [0.29, 0.717) is 52.7 Å². The summed E-state index contributed by atoms with van der Waals surface area (Å²) in [6.45, 7) is 3.32. The summed E-state index contributed by atoms with van der Waals surface area (Å²) in [5.74, 6) is 1.23. The van der Waals surface area contributed by atoms with Gasteiger partial charge < -0.3 is 4.90 Å². The second kappa shape index (κ2) is 8.02. The van der Waals surface area contributed by atoms with E-state index in [1.807, 2.05) is 11.0 Å². The van der Waals surface area contributed by atoms with Crippen molar-refractivity contribution in [3.05, 3.63) is 45.7 Å². The molecule has 1 saturated heterocycles. The molecule has 4 aliphatic carbocycles. The van der Waals surface area contributed by atoms with Gasteiger partial charge in [0.25, 0.3) is 0 Å². The third kappa shape index (κ3) is 3.73. The second-order valence-corrected chi connectivity index (χ2v) is 11.8. The van der Waals surface area contributed by atoms with Crippen LogP contribution in [-0.4, -0.2) is 56.7 Å². The molecule has 7 rings (SSSR count). The lowest BCUT2D eigenvalue weighted by molar-refractivity contribution is -0.168. The molecule has 176 valence electrons. The zero-order valence-electron chi connectivity index (χ0n) is 18.5. The van der Waals surface area contributed by atoms with E-state index in [9.17, 15) is 9.18 Å². The van der Waals surface area contributed by atoms with Crippen LogP contribution in [0.15, 0.2) is 29.3 Å². The summed E-state index contributed by atoms with van der Waals surface area (Å²) in [5, 5.41) is 5.08. The first kappa shape index (κ1) is 22.0. The van der Waals surface area contributed by atoms with Gasteiger partial charge in [-0.05, 0) is 78.4 Å². The lowest BCUT2D eigenvalue weighted by Gasteiger charge is -2.61. The van der Waals surface area contributed by atoms with Crippen LogP contribution in [0.3, 0.4) is 0 Å². The molecular formula is C24H28BrClFN5O. The Labute approximate surface area is 206 Å². The average molecular weight is 537 g/mol. The van der Waals surface area contributed by atoms with E-state index in [4.69, 9.17) is 11.6 Å². The zero-order chi connectivity index (χ0) is 22.8. The van der Waals surface area contributed by atoms with Crippen molar-refractivity contribution in [2.24, 2.45) is 17.3 Å². The normalized spacial score (nSPS) is 33.6. The predicted molar refractivity (Wildman–Crippen MR) is 126 cm³/mol. The highest BCUT2D eigenvalue weighted by molar-refractivity contribution is 9.10. The summed E-state index contributed by atoms with van der Waals surface area (Å²) in [7, 11) is 0. The second-order valence-electron chi connectivity index (χ2n) is 10.7. The first-order chi connectivity index (χ1) is 15.9. The fourth-order valence-electron chi connectivity index (χ4n) is 7.56. The third-order valence-electron chi connectivity index (χ3n) is 8.54. The van der Waals surface area contributed by atoms with Gasteiger partial charge in [-0.25, -0.2) is 14.1 Å². The van der Waals surface area contributed by atoms with Crippen LogP contribution in [0.25, 0.3) is 0 Å². The molecule has 2 unspecified atom stereocenters. The van der Waals surface area contributed by atoms with Gasteiger partial charge in [0.15, 0.2) is 0 Å². The first-order valence-electron chi connectivity index (χ1n) is 11.9. The smallest absolute Gasteiger partial charge is 0.228 e. The summed E-state index contributed by atoms with van der Waals surface area (Å²) in [5.41, 5.74) is 0.183. The van der Waals surface area contributed by atoms with Gasteiger partial charge in [-0.15, -0.1) is 5.10 Å². The highest BCUT2D eigenvalue weighted by atomic mass is 79.9. The maximum absolute atomic E-state index is 14.2. The van der Waals surface area contributed by atoms with Crippen LogP contribution in [-0.2, 0) is 16.9 Å². The molecule has 33 heavy (non-hydrogen) atoms. The van der Waals surface area contributed by atoms with Gasteiger partial charge >= 0.3 is 0 Å². The Morgan fingerprint density at radius 1 is 1.15 bits per heavy atom. The first-order valence-corrected chi connectivity index (χ1v) is 13.1. The lowest BCUT2D eigenvalue weighted by Crippen LogP contribution is -2.62. The van der Waals surface area contributed by atoms with E-state index >= 15 is 0 Å². The number of benzene rings is 1. The van der Waals surface area contributed by atoms with Crippen LogP contribution in [0.4, 0.5) is 4.39 Å². The number of amides is 1. The number of piperazine rings is 1. The largest absolute Gasteiger partial charge is 0.340 e. The van der Waals surface area contributed by atoms with Crippen molar-refractivity contribution in [2.45, 2.75) is 50.6 Å². The summed E-state index contributed by atoms with van der Waals surface area (Å²) >= 11 is 9.62. The Morgan fingerprint density at radius 2 is 1.88 bits per heavy atom. The summed E-state index contributed by atoms with van der Waals surface area (Å²) in [6, 6.07) is 4.82. The quantitative estimate of drug-likeness (QED) is 0.579. The molecule has 2 aromatic rings. The van der Waals surface area contributed by atoms with Gasteiger partial charge in [-0.2, -0.15) is 0 Å². The molecule has 1 aliphatic heterocycles. The van der Waals surface area contributed by atoms with E-state index in [2.05, 4.69) is 35.8 Å². The monoisotopic (exact) mass is 535 g/mol. The van der Waals surface area contributed by atoms with E-state index in [1.165, 1.54) is 12.5 Å². The Hall–Kier alpha value is -1.51. The molecule has 1 amide bonds. The number of halogens is 3. The molecule has 1 aromatic carbocycles. The topological polar surface area (TPSA) is 54.3 Å². The van der Waals surface area contributed by atoms with E-state index in [0.717, 1.165) is 45.2 Å². The number of hydrogen-bond donors (Lipinski definition) is 0. The van der Waals surface area contributed by atoms with Gasteiger partial charge in [-0.3, -0.25) is 9.69 Å². The van der Waals surface area contributed by atoms with Crippen molar-refractivity contribution in [1.82, 2.24) is 24.6 Å². The molecule has 4 saturated carbocycles.